The first-order valence-corrected chi connectivity index (χ1v) is 9.84. The van der Waals surface area contributed by atoms with Gasteiger partial charge in [0, 0.05) is 18.4 Å². The predicted octanol–water partition coefficient (Wildman–Crippen LogP) is 4.55. The number of carbonyl (C=O) groups is 1. The SMILES string of the molecule is Cc1ccc(-c2nnc(CCC(=O)NC(c3ccc(C)cc3)C3CC3)o2)cc1. The molecule has 0 spiro atoms. The summed E-state index contributed by atoms with van der Waals surface area (Å²) in [4.78, 5) is 12.5. The van der Waals surface area contributed by atoms with Gasteiger partial charge in [-0.2, -0.15) is 0 Å². The molecule has 1 amide bonds. The Morgan fingerprint density at radius 1 is 1.04 bits per heavy atom. The molecule has 0 aliphatic heterocycles. The number of nitrogens with one attached hydrogen (secondary N) is 1. The van der Waals surface area contributed by atoms with Crippen molar-refractivity contribution in [1.29, 1.82) is 0 Å². The van der Waals surface area contributed by atoms with Gasteiger partial charge in [-0.15, -0.1) is 10.2 Å². The molecule has 144 valence electrons. The summed E-state index contributed by atoms with van der Waals surface area (Å²) < 4.78 is 5.72. The highest BCUT2D eigenvalue weighted by Gasteiger charge is 2.33. The number of aromatic nitrogens is 2. The average Bonchev–Trinajstić information content (AvgIpc) is 3.43. The fourth-order valence-corrected chi connectivity index (χ4v) is 3.31. The summed E-state index contributed by atoms with van der Waals surface area (Å²) in [5.41, 5.74) is 4.48. The second kappa shape index (κ2) is 7.97. The Morgan fingerprint density at radius 2 is 1.68 bits per heavy atom. The lowest BCUT2D eigenvalue weighted by atomic mass is 10.0. The van der Waals surface area contributed by atoms with Crippen molar-refractivity contribution in [2.75, 3.05) is 0 Å². The average molecular weight is 375 g/mol. The second-order valence-electron chi connectivity index (χ2n) is 7.66. The van der Waals surface area contributed by atoms with Crippen LogP contribution >= 0.6 is 0 Å². The molecule has 0 saturated heterocycles. The Morgan fingerprint density at radius 3 is 2.32 bits per heavy atom. The van der Waals surface area contributed by atoms with E-state index in [2.05, 4.69) is 46.7 Å². The smallest absolute Gasteiger partial charge is 0.247 e. The molecule has 4 rings (SSSR count). The molecular formula is C23H25N3O2. The molecule has 0 bridgehead atoms. The summed E-state index contributed by atoms with van der Waals surface area (Å²) in [5, 5.41) is 11.4. The maximum absolute atomic E-state index is 12.5. The quantitative estimate of drug-likeness (QED) is 0.658. The van der Waals surface area contributed by atoms with E-state index in [4.69, 9.17) is 4.42 Å². The van der Waals surface area contributed by atoms with Crippen molar-refractivity contribution in [3.8, 4) is 11.5 Å². The summed E-state index contributed by atoms with van der Waals surface area (Å²) >= 11 is 0. The van der Waals surface area contributed by atoms with Gasteiger partial charge in [0.15, 0.2) is 0 Å². The highest BCUT2D eigenvalue weighted by Crippen LogP contribution is 2.41. The van der Waals surface area contributed by atoms with E-state index in [0.717, 1.165) is 5.56 Å². The van der Waals surface area contributed by atoms with Gasteiger partial charge >= 0.3 is 0 Å². The van der Waals surface area contributed by atoms with E-state index in [0.29, 0.717) is 30.5 Å². The molecule has 28 heavy (non-hydrogen) atoms. The van der Waals surface area contributed by atoms with Gasteiger partial charge in [-0.3, -0.25) is 4.79 Å². The van der Waals surface area contributed by atoms with Crippen LogP contribution in [0.1, 0.15) is 47.9 Å². The molecule has 5 heteroatoms. The lowest BCUT2D eigenvalue weighted by Crippen LogP contribution is -2.30. The monoisotopic (exact) mass is 375 g/mol. The van der Waals surface area contributed by atoms with Crippen LogP contribution < -0.4 is 5.32 Å². The zero-order chi connectivity index (χ0) is 19.5. The first-order chi connectivity index (χ1) is 13.6. The van der Waals surface area contributed by atoms with Crippen molar-refractivity contribution >= 4 is 5.91 Å². The van der Waals surface area contributed by atoms with Crippen LogP contribution in [-0.2, 0) is 11.2 Å². The van der Waals surface area contributed by atoms with Gasteiger partial charge < -0.3 is 9.73 Å². The molecule has 1 aromatic heterocycles. The van der Waals surface area contributed by atoms with E-state index >= 15 is 0 Å². The lowest BCUT2D eigenvalue weighted by Gasteiger charge is -2.19. The van der Waals surface area contributed by atoms with E-state index in [9.17, 15) is 4.79 Å². The number of nitrogens with zero attached hydrogens (tertiary/aromatic N) is 2. The normalized spacial score (nSPS) is 14.6. The van der Waals surface area contributed by atoms with E-state index in [1.54, 1.807) is 0 Å². The highest BCUT2D eigenvalue weighted by atomic mass is 16.4. The van der Waals surface area contributed by atoms with Crippen molar-refractivity contribution in [3.63, 3.8) is 0 Å². The van der Waals surface area contributed by atoms with Gasteiger partial charge in [-0.25, -0.2) is 0 Å². The van der Waals surface area contributed by atoms with Crippen molar-refractivity contribution in [2.45, 2.75) is 45.6 Å². The fraction of sp³-hybridized carbons (Fsp3) is 0.348. The summed E-state index contributed by atoms with van der Waals surface area (Å²) in [6.07, 6.45) is 3.12. The van der Waals surface area contributed by atoms with Crippen molar-refractivity contribution in [2.24, 2.45) is 5.92 Å². The zero-order valence-electron chi connectivity index (χ0n) is 16.3. The van der Waals surface area contributed by atoms with Gasteiger partial charge in [-0.05, 0) is 50.3 Å². The van der Waals surface area contributed by atoms with Crippen LogP contribution in [-0.4, -0.2) is 16.1 Å². The zero-order valence-corrected chi connectivity index (χ0v) is 16.3. The number of hydrogen-bond donors (Lipinski definition) is 1. The first-order valence-electron chi connectivity index (χ1n) is 9.84. The Bertz CT molecular complexity index is 941. The number of benzene rings is 2. The Kier molecular flexibility index (Phi) is 5.24. The third-order valence-corrected chi connectivity index (χ3v) is 5.18. The van der Waals surface area contributed by atoms with Gasteiger partial charge in [0.25, 0.3) is 0 Å². The minimum absolute atomic E-state index is 0.0209. The summed E-state index contributed by atoms with van der Waals surface area (Å²) in [5.74, 6) is 1.55. The number of rotatable bonds is 7. The van der Waals surface area contributed by atoms with Crippen LogP contribution in [0.4, 0.5) is 0 Å². The molecule has 5 nitrogen and oxygen atoms in total. The van der Waals surface area contributed by atoms with Crippen LogP contribution in [0, 0.1) is 19.8 Å². The molecule has 1 N–H and O–H groups in total. The minimum atomic E-state index is 0.0209. The van der Waals surface area contributed by atoms with E-state index < -0.39 is 0 Å². The molecule has 0 radical (unpaired) electrons. The standard InChI is InChI=1S/C23H25N3O2/c1-15-3-7-17(8-4-15)22(18-11-12-18)24-20(27)13-14-21-25-26-23(28-21)19-9-5-16(2)6-10-19/h3-10,18,22H,11-14H2,1-2H3,(H,24,27). The van der Waals surface area contributed by atoms with Crippen molar-refractivity contribution < 1.29 is 9.21 Å². The molecule has 1 aliphatic rings. The maximum Gasteiger partial charge on any atom is 0.247 e. The summed E-state index contributed by atoms with van der Waals surface area (Å²) in [6.45, 7) is 4.11. The van der Waals surface area contributed by atoms with Gasteiger partial charge in [-0.1, -0.05) is 47.5 Å². The van der Waals surface area contributed by atoms with E-state index in [-0.39, 0.29) is 11.9 Å². The molecule has 2 aromatic carbocycles. The Labute approximate surface area is 165 Å². The molecule has 1 fully saturated rings. The van der Waals surface area contributed by atoms with Crippen molar-refractivity contribution in [1.82, 2.24) is 15.5 Å². The topological polar surface area (TPSA) is 68.0 Å². The number of aryl methyl sites for hydroxylation is 3. The molecule has 3 aromatic rings. The van der Waals surface area contributed by atoms with Crippen LogP contribution in [0.25, 0.3) is 11.5 Å². The largest absolute Gasteiger partial charge is 0.421 e. The maximum atomic E-state index is 12.5. The fourth-order valence-electron chi connectivity index (χ4n) is 3.31. The lowest BCUT2D eigenvalue weighted by molar-refractivity contribution is -0.122. The highest BCUT2D eigenvalue weighted by molar-refractivity contribution is 5.76. The molecule has 1 saturated carbocycles. The molecule has 1 aliphatic carbocycles. The molecular weight excluding hydrogens is 350 g/mol. The van der Waals surface area contributed by atoms with Gasteiger partial charge in [0.2, 0.25) is 17.7 Å². The van der Waals surface area contributed by atoms with E-state index in [1.807, 2.05) is 31.2 Å². The number of carbonyl (C=O) groups excluding carboxylic acids is 1. The molecule has 1 atom stereocenters. The molecule has 1 unspecified atom stereocenters. The van der Waals surface area contributed by atoms with Crippen LogP contribution in [0.5, 0.6) is 0 Å². The summed E-state index contributed by atoms with van der Waals surface area (Å²) in [6, 6.07) is 16.5. The molecule has 1 heterocycles. The van der Waals surface area contributed by atoms with Crippen LogP contribution in [0.2, 0.25) is 0 Å². The van der Waals surface area contributed by atoms with Gasteiger partial charge in [0.05, 0.1) is 6.04 Å². The van der Waals surface area contributed by atoms with Crippen molar-refractivity contribution in [3.05, 3.63) is 71.1 Å². The first kappa shape index (κ1) is 18.4. The van der Waals surface area contributed by atoms with E-state index in [1.165, 1.54) is 29.5 Å². The third-order valence-electron chi connectivity index (χ3n) is 5.18. The Hall–Kier alpha value is -2.95. The number of amides is 1. The number of hydrogen-bond acceptors (Lipinski definition) is 4. The van der Waals surface area contributed by atoms with Gasteiger partial charge in [0.1, 0.15) is 0 Å². The summed E-state index contributed by atoms with van der Waals surface area (Å²) in [7, 11) is 0. The predicted molar refractivity (Wildman–Crippen MR) is 108 cm³/mol. The second-order valence-corrected chi connectivity index (χ2v) is 7.66. The minimum Gasteiger partial charge on any atom is -0.421 e. The van der Waals surface area contributed by atoms with Crippen LogP contribution in [0.3, 0.4) is 0 Å². The third kappa shape index (κ3) is 4.47. The van der Waals surface area contributed by atoms with Crippen LogP contribution in [0.15, 0.2) is 52.9 Å². The Balaban J connectivity index is 1.35.